The van der Waals surface area contributed by atoms with Gasteiger partial charge in [0.1, 0.15) is 18.3 Å². The maximum Gasteiger partial charge on any atom is 0.459 e. The van der Waals surface area contributed by atoms with Crippen molar-refractivity contribution in [1.29, 1.82) is 0 Å². The van der Waals surface area contributed by atoms with Crippen LogP contribution in [0.5, 0.6) is 0 Å². The highest BCUT2D eigenvalue weighted by atomic mass is 16.8. The molecule has 0 bridgehead atoms. The van der Waals surface area contributed by atoms with Crippen LogP contribution in [0.2, 0.25) is 25.3 Å². The van der Waals surface area contributed by atoms with E-state index in [-0.39, 0.29) is 39.5 Å². The minimum Gasteiger partial charge on any atom is -0.430 e. The van der Waals surface area contributed by atoms with Gasteiger partial charge in [-0.1, -0.05) is 40.3 Å². The highest BCUT2D eigenvalue weighted by Crippen LogP contribution is 2.44. The predicted octanol–water partition coefficient (Wildman–Crippen LogP) is 1.98. The van der Waals surface area contributed by atoms with Crippen molar-refractivity contribution >= 4 is 21.2 Å². The van der Waals surface area contributed by atoms with E-state index in [1.807, 2.05) is 13.8 Å². The van der Waals surface area contributed by atoms with Crippen LogP contribution < -0.4 is 0 Å². The van der Waals surface area contributed by atoms with E-state index < -0.39 is 5.79 Å². The lowest BCUT2D eigenvalue weighted by Crippen LogP contribution is -2.49. The van der Waals surface area contributed by atoms with Crippen molar-refractivity contribution in [1.82, 2.24) is 0 Å². The molecule has 0 N–H and O–H groups in total. The van der Waals surface area contributed by atoms with E-state index in [0.717, 1.165) is 25.3 Å². The molecule has 0 amide bonds. The molecule has 9 heteroatoms. The van der Waals surface area contributed by atoms with Crippen LogP contribution in [0.3, 0.4) is 0 Å². The van der Waals surface area contributed by atoms with Crippen LogP contribution in [-0.4, -0.2) is 58.5 Å². The van der Waals surface area contributed by atoms with Crippen LogP contribution in [0, 0.1) is 0 Å². The van der Waals surface area contributed by atoms with E-state index in [0.29, 0.717) is 13.2 Å². The van der Waals surface area contributed by atoms with E-state index in [1.54, 1.807) is 0 Å². The molecule has 0 spiro atoms. The number of fused-ring (bicyclic) bond motifs is 3. The molecule has 0 saturated carbocycles. The van der Waals surface area contributed by atoms with Crippen molar-refractivity contribution in [2.45, 2.75) is 77.1 Å². The van der Waals surface area contributed by atoms with Crippen molar-refractivity contribution in [3.63, 3.8) is 0 Å². The number of ether oxygens (including phenoxy) is 1. The maximum atomic E-state index is 6.22. The molecule has 6 nitrogen and oxygen atoms in total. The highest BCUT2D eigenvalue weighted by Gasteiger charge is 2.65. The van der Waals surface area contributed by atoms with Gasteiger partial charge in [0, 0.05) is 0 Å². The third-order valence-corrected chi connectivity index (χ3v) is 4.93. The molecule has 0 aromatic rings. The van der Waals surface area contributed by atoms with Crippen molar-refractivity contribution in [3.8, 4) is 0 Å². The lowest BCUT2D eigenvalue weighted by Gasteiger charge is -2.31. The van der Waals surface area contributed by atoms with Gasteiger partial charge in [0.2, 0.25) is 5.79 Å². The van der Waals surface area contributed by atoms with Gasteiger partial charge in [-0.05, 0) is 12.6 Å². The summed E-state index contributed by atoms with van der Waals surface area (Å²) in [7, 11) is -0.461. The number of hydrogen-bond donors (Lipinski definition) is 0. The summed E-state index contributed by atoms with van der Waals surface area (Å²) in [6.07, 6.45) is 2.95. The van der Waals surface area contributed by atoms with Crippen LogP contribution >= 0.6 is 0 Å². The van der Waals surface area contributed by atoms with Gasteiger partial charge in [0.25, 0.3) is 6.92 Å². The summed E-state index contributed by atoms with van der Waals surface area (Å²) in [5.41, 5.74) is 0. The summed E-state index contributed by atoms with van der Waals surface area (Å²) in [4.78, 5) is 0. The quantitative estimate of drug-likeness (QED) is 0.668. The topological polar surface area (TPSA) is 55.4 Å². The highest BCUT2D eigenvalue weighted by molar-refractivity contribution is 6.51. The number of hydrogen-bond acceptors (Lipinski definition) is 6. The SMILES string of the molecule is CCB(CC)OC[C@]12OB(CC)O[C@H]1[C@@H]1OB(CC)OC[C@@H]1O2. The van der Waals surface area contributed by atoms with Crippen LogP contribution in [0.4, 0.5) is 0 Å². The average molecular weight is 324 g/mol. The molecule has 3 heterocycles. The van der Waals surface area contributed by atoms with Crippen LogP contribution in [0.25, 0.3) is 0 Å². The Labute approximate surface area is 140 Å². The molecule has 0 unspecified atom stereocenters. The second-order valence-electron chi connectivity index (χ2n) is 6.50. The predicted molar refractivity (Wildman–Crippen MR) is 89.5 cm³/mol. The molecule has 0 aliphatic carbocycles. The Balaban J connectivity index is 1.73. The van der Waals surface area contributed by atoms with E-state index in [9.17, 15) is 0 Å². The summed E-state index contributed by atoms with van der Waals surface area (Å²) < 4.78 is 36.2. The zero-order valence-electron chi connectivity index (χ0n) is 14.7. The fourth-order valence-electron chi connectivity index (χ4n) is 3.53. The summed E-state index contributed by atoms with van der Waals surface area (Å²) in [5, 5.41) is 0. The standard InChI is InChI=1S/C14H27B3O6/c1-5-15(6-2)19-10-14-13(22-17(8-4)23-14)12-11(20-14)9-18-16(7-3)21-12/h11-13H,5-10H2,1-4H3/t11-,12+,13-,14-/m0/s1. The monoisotopic (exact) mass is 324 g/mol. The molecule has 0 radical (unpaired) electrons. The Kier molecular flexibility index (Phi) is 5.76. The molecule has 0 aromatic carbocycles. The zero-order chi connectivity index (χ0) is 16.4. The Bertz CT molecular complexity index is 399. The second kappa shape index (κ2) is 7.46. The summed E-state index contributed by atoms with van der Waals surface area (Å²) in [6, 6.07) is 0. The summed E-state index contributed by atoms with van der Waals surface area (Å²) >= 11 is 0. The lowest BCUT2D eigenvalue weighted by atomic mass is 9.62. The van der Waals surface area contributed by atoms with Gasteiger partial charge in [0.15, 0.2) is 0 Å². The normalized spacial score (nSPS) is 36.3. The van der Waals surface area contributed by atoms with Gasteiger partial charge < -0.3 is 28.0 Å². The van der Waals surface area contributed by atoms with Crippen molar-refractivity contribution < 1.29 is 28.0 Å². The Morgan fingerprint density at radius 3 is 2.48 bits per heavy atom. The van der Waals surface area contributed by atoms with Gasteiger partial charge in [-0.25, -0.2) is 0 Å². The third kappa shape index (κ3) is 3.37. The summed E-state index contributed by atoms with van der Waals surface area (Å²) in [6.45, 7) is 9.43. The molecular formula is C14H27B3O6. The van der Waals surface area contributed by atoms with E-state index in [1.165, 1.54) is 0 Å². The van der Waals surface area contributed by atoms with Crippen LogP contribution in [0.15, 0.2) is 0 Å². The Morgan fingerprint density at radius 1 is 1.09 bits per heavy atom. The van der Waals surface area contributed by atoms with Gasteiger partial charge >= 0.3 is 14.2 Å². The molecule has 4 atom stereocenters. The Hall–Kier alpha value is -0.0452. The van der Waals surface area contributed by atoms with Crippen molar-refractivity contribution in [3.05, 3.63) is 0 Å². The van der Waals surface area contributed by atoms with Crippen molar-refractivity contribution in [2.24, 2.45) is 0 Å². The minimum absolute atomic E-state index is 0.157. The van der Waals surface area contributed by atoms with Gasteiger partial charge in [0.05, 0.1) is 13.2 Å². The van der Waals surface area contributed by atoms with Gasteiger partial charge in [-0.15, -0.1) is 0 Å². The molecular weight excluding hydrogens is 297 g/mol. The second-order valence-corrected chi connectivity index (χ2v) is 6.50. The molecule has 3 fully saturated rings. The first-order valence-corrected chi connectivity index (χ1v) is 9.05. The van der Waals surface area contributed by atoms with Crippen molar-refractivity contribution in [2.75, 3.05) is 13.2 Å². The smallest absolute Gasteiger partial charge is 0.430 e. The number of rotatable bonds is 7. The largest absolute Gasteiger partial charge is 0.459 e. The minimum atomic E-state index is -0.870. The van der Waals surface area contributed by atoms with Crippen LogP contribution in [0.1, 0.15) is 27.7 Å². The van der Waals surface area contributed by atoms with Crippen LogP contribution in [-0.2, 0) is 28.0 Å². The molecule has 3 saturated heterocycles. The lowest BCUT2D eigenvalue weighted by molar-refractivity contribution is -0.199. The Morgan fingerprint density at radius 2 is 1.83 bits per heavy atom. The first-order valence-electron chi connectivity index (χ1n) is 9.05. The average Bonchev–Trinajstić information content (AvgIpc) is 3.07. The zero-order valence-corrected chi connectivity index (χ0v) is 14.7. The molecule has 128 valence electrons. The fraction of sp³-hybridized carbons (Fsp3) is 1.00. The fourth-order valence-corrected chi connectivity index (χ4v) is 3.53. The third-order valence-electron chi connectivity index (χ3n) is 4.93. The first kappa shape index (κ1) is 17.8. The molecule has 0 aromatic heterocycles. The molecule has 3 aliphatic heterocycles. The van der Waals surface area contributed by atoms with E-state index in [4.69, 9.17) is 28.0 Å². The summed E-state index contributed by atoms with van der Waals surface area (Å²) in [5.74, 6) is -0.870. The molecule has 3 aliphatic rings. The van der Waals surface area contributed by atoms with Gasteiger partial charge in [-0.3, -0.25) is 0 Å². The molecule has 23 heavy (non-hydrogen) atoms. The first-order chi connectivity index (χ1) is 11.2. The van der Waals surface area contributed by atoms with E-state index in [2.05, 4.69) is 13.8 Å². The molecule has 3 rings (SSSR count). The maximum absolute atomic E-state index is 6.22. The van der Waals surface area contributed by atoms with Gasteiger partial charge in [-0.2, -0.15) is 0 Å². The van der Waals surface area contributed by atoms with E-state index >= 15 is 0 Å².